The second-order valence-electron chi connectivity index (χ2n) is 9.37. The molecular formula is C28H37NO3. The number of unbranched alkanes of at least 4 members (excludes halogenated alkanes) is 1. The first kappa shape index (κ1) is 24.3. The van der Waals surface area contributed by atoms with Gasteiger partial charge in [-0.15, -0.1) is 11.8 Å². The lowest BCUT2D eigenvalue weighted by Crippen LogP contribution is -2.19. The molecule has 0 bridgehead atoms. The zero-order valence-electron chi connectivity index (χ0n) is 19.3. The molecule has 0 unspecified atom stereocenters. The Morgan fingerprint density at radius 2 is 2.06 bits per heavy atom. The van der Waals surface area contributed by atoms with Crippen molar-refractivity contribution in [2.24, 2.45) is 23.7 Å². The van der Waals surface area contributed by atoms with Gasteiger partial charge >= 0.3 is 0 Å². The van der Waals surface area contributed by atoms with Crippen LogP contribution in [0.4, 0.5) is 5.69 Å². The second kappa shape index (κ2) is 12.0. The van der Waals surface area contributed by atoms with E-state index in [9.17, 15) is 15.0 Å². The Hall–Kier alpha value is -2.35. The molecule has 2 fully saturated rings. The van der Waals surface area contributed by atoms with Gasteiger partial charge in [0, 0.05) is 24.4 Å². The van der Waals surface area contributed by atoms with Gasteiger partial charge in [-0.25, -0.2) is 0 Å². The van der Waals surface area contributed by atoms with E-state index in [1.807, 2.05) is 56.3 Å². The van der Waals surface area contributed by atoms with Crippen LogP contribution >= 0.6 is 0 Å². The van der Waals surface area contributed by atoms with E-state index in [-0.39, 0.29) is 23.8 Å². The quantitative estimate of drug-likeness (QED) is 0.287. The van der Waals surface area contributed by atoms with Gasteiger partial charge < -0.3 is 15.5 Å². The normalized spacial score (nSPS) is 27.7. The van der Waals surface area contributed by atoms with Gasteiger partial charge in [-0.1, -0.05) is 48.9 Å². The number of aliphatic hydroxyl groups excluding tert-OH is 2. The average Bonchev–Trinajstić information content (AvgIpc) is 3.30. The average molecular weight is 436 g/mol. The summed E-state index contributed by atoms with van der Waals surface area (Å²) in [5.41, 5.74) is 2.30. The highest BCUT2D eigenvalue weighted by Gasteiger charge is 2.44. The summed E-state index contributed by atoms with van der Waals surface area (Å²) in [7, 11) is 0. The maximum absolute atomic E-state index is 12.1. The molecule has 3 rings (SSSR count). The molecule has 1 amide bonds. The number of fused-ring (bicyclic) bond motifs is 1. The molecule has 1 aromatic rings. The van der Waals surface area contributed by atoms with E-state index in [1.165, 1.54) is 5.57 Å². The molecule has 2 aliphatic carbocycles. The Labute approximate surface area is 192 Å². The van der Waals surface area contributed by atoms with Crippen LogP contribution in [0.3, 0.4) is 0 Å². The number of allylic oxidation sites excluding steroid dienone is 2. The third-order valence-corrected chi connectivity index (χ3v) is 6.92. The lowest BCUT2D eigenvalue weighted by molar-refractivity contribution is -0.116. The summed E-state index contributed by atoms with van der Waals surface area (Å²) < 4.78 is 0. The molecule has 0 spiro atoms. The molecule has 0 saturated heterocycles. The van der Waals surface area contributed by atoms with Gasteiger partial charge in [-0.2, -0.15) is 0 Å². The minimum absolute atomic E-state index is 0.0592. The third kappa shape index (κ3) is 6.82. The summed E-state index contributed by atoms with van der Waals surface area (Å²) in [6.45, 7) is 3.82. The molecule has 0 heterocycles. The van der Waals surface area contributed by atoms with Crippen LogP contribution in [0.2, 0.25) is 0 Å². The highest BCUT2D eigenvalue weighted by molar-refractivity contribution is 5.90. The van der Waals surface area contributed by atoms with Crippen molar-refractivity contribution in [1.29, 1.82) is 0 Å². The molecule has 172 valence electrons. The van der Waals surface area contributed by atoms with Crippen LogP contribution in [0.25, 0.3) is 0 Å². The predicted molar refractivity (Wildman–Crippen MR) is 130 cm³/mol. The van der Waals surface area contributed by atoms with Crippen LogP contribution in [0.1, 0.15) is 58.8 Å². The fourth-order valence-corrected chi connectivity index (χ4v) is 5.07. The first-order valence-electron chi connectivity index (χ1n) is 11.9. The number of hydrogen-bond acceptors (Lipinski definition) is 3. The van der Waals surface area contributed by atoms with Crippen LogP contribution in [-0.4, -0.2) is 28.3 Å². The smallest absolute Gasteiger partial charge is 0.224 e. The molecule has 0 radical (unpaired) electrons. The van der Waals surface area contributed by atoms with Gasteiger partial charge in [-0.3, -0.25) is 4.79 Å². The largest absolute Gasteiger partial charge is 0.392 e. The highest BCUT2D eigenvalue weighted by atomic mass is 16.3. The Balaban J connectivity index is 1.44. The number of para-hydroxylation sites is 1. The summed E-state index contributed by atoms with van der Waals surface area (Å²) in [6.07, 6.45) is 11.2. The Bertz CT molecular complexity index is 864. The number of nitrogens with one attached hydrogen (secondary N) is 1. The van der Waals surface area contributed by atoms with Crippen molar-refractivity contribution in [1.82, 2.24) is 0 Å². The molecule has 2 aliphatic rings. The molecule has 6 atom stereocenters. The van der Waals surface area contributed by atoms with E-state index in [4.69, 9.17) is 0 Å². The maximum atomic E-state index is 12.1. The lowest BCUT2D eigenvalue weighted by atomic mass is 9.89. The molecule has 3 N–H and O–H groups in total. The number of benzene rings is 1. The molecule has 0 aliphatic heterocycles. The Kier molecular flexibility index (Phi) is 9.14. The monoisotopic (exact) mass is 435 g/mol. The van der Waals surface area contributed by atoms with Crippen molar-refractivity contribution in [2.45, 2.75) is 71.0 Å². The van der Waals surface area contributed by atoms with E-state index in [0.717, 1.165) is 37.8 Å². The Morgan fingerprint density at radius 1 is 1.28 bits per heavy atom. The zero-order chi connectivity index (χ0) is 22.9. The first-order valence-corrected chi connectivity index (χ1v) is 11.9. The van der Waals surface area contributed by atoms with Crippen molar-refractivity contribution in [2.75, 3.05) is 5.32 Å². The number of amides is 1. The number of anilines is 1. The molecule has 2 saturated carbocycles. The van der Waals surface area contributed by atoms with Gasteiger partial charge in [0.05, 0.1) is 12.2 Å². The molecule has 1 aromatic carbocycles. The van der Waals surface area contributed by atoms with E-state index in [0.29, 0.717) is 24.7 Å². The van der Waals surface area contributed by atoms with Crippen molar-refractivity contribution in [3.8, 4) is 11.8 Å². The van der Waals surface area contributed by atoms with E-state index < -0.39 is 6.10 Å². The zero-order valence-corrected chi connectivity index (χ0v) is 19.3. The van der Waals surface area contributed by atoms with Crippen LogP contribution in [-0.2, 0) is 4.79 Å². The van der Waals surface area contributed by atoms with E-state index in [1.54, 1.807) is 0 Å². The van der Waals surface area contributed by atoms with Crippen molar-refractivity contribution < 1.29 is 15.0 Å². The van der Waals surface area contributed by atoms with Gasteiger partial charge in [0.1, 0.15) is 0 Å². The van der Waals surface area contributed by atoms with Gasteiger partial charge in [0.15, 0.2) is 0 Å². The first-order chi connectivity index (χ1) is 15.5. The summed E-state index contributed by atoms with van der Waals surface area (Å²) >= 11 is 0. The van der Waals surface area contributed by atoms with Crippen LogP contribution < -0.4 is 5.32 Å². The summed E-state index contributed by atoms with van der Waals surface area (Å²) in [4.78, 5) is 12.1. The standard InChI is InChI=1S/C28H37NO3/c1-3-4-10-20(2)26(30)16-15-24-25-18-21(17-22(25)19-27(24)31)11-8-9-14-28(32)29-23-12-6-5-7-13-23/h5-7,11-13,15-16,20,22,24-27,30-31H,8-10,14,17-19H2,1-2H3,(H,29,32)/t20-,22+,24-,25+,26-,27-/m1/s1. The lowest BCUT2D eigenvalue weighted by Gasteiger charge is -2.19. The van der Waals surface area contributed by atoms with Crippen molar-refractivity contribution >= 4 is 11.6 Å². The number of rotatable bonds is 9. The second-order valence-corrected chi connectivity index (χ2v) is 9.37. The highest BCUT2D eigenvalue weighted by Crippen LogP contribution is 2.50. The molecule has 32 heavy (non-hydrogen) atoms. The SMILES string of the molecule is CC#CC[C@@H](C)[C@H](O)C=C[C@@H]1[C@H]2CC(=CCCCC(=O)Nc3ccccc3)C[C@H]2C[C@H]1O. The van der Waals surface area contributed by atoms with Gasteiger partial charge in [-0.05, 0) is 68.9 Å². The molecule has 4 nitrogen and oxygen atoms in total. The Morgan fingerprint density at radius 3 is 2.81 bits per heavy atom. The summed E-state index contributed by atoms with van der Waals surface area (Å²) in [5, 5.41) is 23.9. The van der Waals surface area contributed by atoms with Gasteiger partial charge in [0.25, 0.3) is 0 Å². The van der Waals surface area contributed by atoms with E-state index in [2.05, 4.69) is 23.2 Å². The van der Waals surface area contributed by atoms with Crippen molar-refractivity contribution in [3.05, 3.63) is 54.1 Å². The fraction of sp³-hybridized carbons (Fsp3) is 0.536. The van der Waals surface area contributed by atoms with Gasteiger partial charge in [0.2, 0.25) is 5.91 Å². The summed E-state index contributed by atoms with van der Waals surface area (Å²) in [5.74, 6) is 7.14. The number of hydrogen-bond donors (Lipinski definition) is 3. The fourth-order valence-electron chi connectivity index (χ4n) is 5.07. The number of carbonyl (C=O) groups is 1. The molecule has 4 heteroatoms. The van der Waals surface area contributed by atoms with E-state index >= 15 is 0 Å². The third-order valence-electron chi connectivity index (χ3n) is 6.92. The van der Waals surface area contributed by atoms with Crippen LogP contribution in [0.5, 0.6) is 0 Å². The summed E-state index contributed by atoms with van der Waals surface area (Å²) in [6, 6.07) is 9.56. The maximum Gasteiger partial charge on any atom is 0.224 e. The topological polar surface area (TPSA) is 69.6 Å². The number of carbonyl (C=O) groups excluding carboxylic acids is 1. The van der Waals surface area contributed by atoms with Crippen LogP contribution in [0, 0.1) is 35.5 Å². The predicted octanol–water partition coefficient (Wildman–Crippen LogP) is 5.10. The number of aliphatic hydroxyl groups is 2. The molecular weight excluding hydrogens is 398 g/mol. The minimum Gasteiger partial charge on any atom is -0.392 e. The molecule has 0 aromatic heterocycles. The van der Waals surface area contributed by atoms with Crippen molar-refractivity contribution in [3.63, 3.8) is 0 Å². The van der Waals surface area contributed by atoms with Crippen LogP contribution in [0.15, 0.2) is 54.1 Å². The minimum atomic E-state index is -0.527.